The lowest BCUT2D eigenvalue weighted by atomic mass is 10.2. The number of carbonyl (C=O) groups is 1. The number of anilines is 1. The van der Waals surface area contributed by atoms with E-state index >= 15 is 0 Å². The van der Waals surface area contributed by atoms with Crippen molar-refractivity contribution in [2.24, 2.45) is 0 Å². The van der Waals surface area contributed by atoms with Crippen LogP contribution >= 0.6 is 0 Å². The Labute approximate surface area is 100 Å². The highest BCUT2D eigenvalue weighted by atomic mass is 16.5. The number of nitrogens with zero attached hydrogens (tertiary/aromatic N) is 1. The summed E-state index contributed by atoms with van der Waals surface area (Å²) in [6.45, 7) is 4.03. The first kappa shape index (κ1) is 12.8. The second-order valence-corrected chi connectivity index (χ2v) is 3.52. The van der Waals surface area contributed by atoms with Crippen LogP contribution in [0.2, 0.25) is 0 Å². The maximum absolute atomic E-state index is 11.5. The summed E-state index contributed by atoms with van der Waals surface area (Å²) in [6.07, 6.45) is -0.620. The van der Waals surface area contributed by atoms with Gasteiger partial charge >= 0.3 is 0 Å². The molecular formula is C12H15N3O2. The molecule has 0 heterocycles. The summed E-state index contributed by atoms with van der Waals surface area (Å²) < 4.78 is 5.41. The molecule has 0 aliphatic rings. The zero-order valence-electron chi connectivity index (χ0n) is 9.86. The molecule has 0 fully saturated rings. The minimum atomic E-state index is -0.620. The van der Waals surface area contributed by atoms with Crippen LogP contribution in [0.1, 0.15) is 19.4 Å². The Hall–Kier alpha value is -2.22. The molecule has 5 nitrogen and oxygen atoms in total. The Morgan fingerprint density at radius 2 is 2.35 bits per heavy atom. The Morgan fingerprint density at radius 1 is 1.65 bits per heavy atom. The van der Waals surface area contributed by atoms with E-state index in [1.54, 1.807) is 19.1 Å². The van der Waals surface area contributed by atoms with E-state index in [9.17, 15) is 4.79 Å². The van der Waals surface area contributed by atoms with E-state index in [0.717, 1.165) is 0 Å². The van der Waals surface area contributed by atoms with Gasteiger partial charge in [0.15, 0.2) is 6.10 Å². The maximum atomic E-state index is 11.5. The lowest BCUT2D eigenvalue weighted by Crippen LogP contribution is -2.36. The Morgan fingerprint density at radius 3 is 2.88 bits per heavy atom. The number of nitrogen functional groups attached to an aromatic ring is 1. The standard InChI is InChI=1S/C12H15N3O2/c1-3-15-12(16)8(2)17-11-5-4-9(7-13)6-10(11)14/h4-6,8H,3,14H2,1-2H3,(H,15,16). The van der Waals surface area contributed by atoms with E-state index in [2.05, 4.69) is 5.32 Å². The van der Waals surface area contributed by atoms with E-state index in [4.69, 9.17) is 15.7 Å². The second kappa shape index (κ2) is 5.75. The van der Waals surface area contributed by atoms with Crippen molar-refractivity contribution in [3.63, 3.8) is 0 Å². The van der Waals surface area contributed by atoms with Crippen LogP contribution in [0, 0.1) is 11.3 Å². The molecule has 0 bridgehead atoms. The average Bonchev–Trinajstić information content (AvgIpc) is 2.31. The third kappa shape index (κ3) is 3.38. The Bertz CT molecular complexity index is 452. The summed E-state index contributed by atoms with van der Waals surface area (Å²) in [6, 6.07) is 6.67. The van der Waals surface area contributed by atoms with Crippen molar-refractivity contribution < 1.29 is 9.53 Å². The molecule has 1 atom stereocenters. The lowest BCUT2D eigenvalue weighted by Gasteiger charge is -2.15. The molecule has 5 heteroatoms. The topological polar surface area (TPSA) is 88.1 Å². The third-order valence-corrected chi connectivity index (χ3v) is 2.16. The molecule has 3 N–H and O–H groups in total. The monoisotopic (exact) mass is 233 g/mol. The lowest BCUT2D eigenvalue weighted by molar-refractivity contribution is -0.127. The minimum absolute atomic E-state index is 0.198. The highest BCUT2D eigenvalue weighted by Crippen LogP contribution is 2.23. The molecule has 0 spiro atoms. The summed E-state index contributed by atoms with van der Waals surface area (Å²) in [5.41, 5.74) is 6.52. The maximum Gasteiger partial charge on any atom is 0.260 e. The number of rotatable bonds is 4. The van der Waals surface area contributed by atoms with Gasteiger partial charge in [-0.05, 0) is 32.0 Å². The molecule has 0 radical (unpaired) electrons. The zero-order valence-corrected chi connectivity index (χ0v) is 9.86. The summed E-state index contributed by atoms with van der Waals surface area (Å²) >= 11 is 0. The van der Waals surface area contributed by atoms with Crippen LogP contribution in [0.4, 0.5) is 5.69 Å². The molecular weight excluding hydrogens is 218 g/mol. The normalized spacial score (nSPS) is 11.4. The van der Waals surface area contributed by atoms with E-state index in [1.165, 1.54) is 6.07 Å². The molecule has 0 aromatic heterocycles. The highest BCUT2D eigenvalue weighted by Gasteiger charge is 2.14. The van der Waals surface area contributed by atoms with E-state index < -0.39 is 6.10 Å². The molecule has 1 aromatic carbocycles. The molecule has 0 aliphatic carbocycles. The fourth-order valence-corrected chi connectivity index (χ4v) is 1.29. The predicted octanol–water partition coefficient (Wildman–Crippen LogP) is 1.04. The first-order valence-corrected chi connectivity index (χ1v) is 5.32. The average molecular weight is 233 g/mol. The smallest absolute Gasteiger partial charge is 0.260 e. The van der Waals surface area contributed by atoms with Gasteiger partial charge in [0.25, 0.3) is 5.91 Å². The van der Waals surface area contributed by atoms with Crippen molar-refractivity contribution >= 4 is 11.6 Å². The van der Waals surface area contributed by atoms with Crippen LogP contribution in [0.15, 0.2) is 18.2 Å². The molecule has 17 heavy (non-hydrogen) atoms. The molecule has 0 saturated heterocycles. The number of carbonyl (C=O) groups excluding carboxylic acids is 1. The van der Waals surface area contributed by atoms with E-state index in [0.29, 0.717) is 23.5 Å². The van der Waals surface area contributed by atoms with Crippen LogP contribution in [0.5, 0.6) is 5.75 Å². The van der Waals surface area contributed by atoms with Gasteiger partial charge in [0.05, 0.1) is 17.3 Å². The molecule has 1 aromatic rings. The van der Waals surface area contributed by atoms with Crippen molar-refractivity contribution in [1.82, 2.24) is 5.32 Å². The number of ether oxygens (including phenoxy) is 1. The zero-order chi connectivity index (χ0) is 12.8. The van der Waals surface area contributed by atoms with Crippen LogP contribution in [-0.4, -0.2) is 18.6 Å². The summed E-state index contributed by atoms with van der Waals surface area (Å²) in [4.78, 5) is 11.5. The van der Waals surface area contributed by atoms with Crippen molar-refractivity contribution in [1.29, 1.82) is 5.26 Å². The number of amides is 1. The SMILES string of the molecule is CCNC(=O)C(C)Oc1ccc(C#N)cc1N. The van der Waals surface area contributed by atoms with Crippen molar-refractivity contribution in [3.8, 4) is 11.8 Å². The second-order valence-electron chi connectivity index (χ2n) is 3.52. The molecule has 1 amide bonds. The Balaban J connectivity index is 2.75. The van der Waals surface area contributed by atoms with Gasteiger partial charge in [0, 0.05) is 6.54 Å². The number of nitrogens with two attached hydrogens (primary N) is 1. The molecule has 0 aliphatic heterocycles. The van der Waals surface area contributed by atoms with Gasteiger partial charge in [-0.15, -0.1) is 0 Å². The van der Waals surface area contributed by atoms with Gasteiger partial charge < -0.3 is 15.8 Å². The molecule has 90 valence electrons. The van der Waals surface area contributed by atoms with Crippen LogP contribution in [-0.2, 0) is 4.79 Å². The molecule has 1 rings (SSSR count). The largest absolute Gasteiger partial charge is 0.479 e. The first-order valence-electron chi connectivity index (χ1n) is 5.32. The van der Waals surface area contributed by atoms with Crippen LogP contribution in [0.3, 0.4) is 0 Å². The number of nitrogens with one attached hydrogen (secondary N) is 1. The number of benzene rings is 1. The summed E-state index contributed by atoms with van der Waals surface area (Å²) in [5, 5.41) is 11.3. The van der Waals surface area contributed by atoms with Gasteiger partial charge in [-0.25, -0.2) is 0 Å². The number of hydrogen-bond acceptors (Lipinski definition) is 4. The fourth-order valence-electron chi connectivity index (χ4n) is 1.29. The number of nitriles is 1. The molecule has 0 saturated carbocycles. The fraction of sp³-hybridized carbons (Fsp3) is 0.333. The summed E-state index contributed by atoms with van der Waals surface area (Å²) in [7, 11) is 0. The minimum Gasteiger partial charge on any atom is -0.479 e. The van der Waals surface area contributed by atoms with Gasteiger partial charge in [-0.2, -0.15) is 5.26 Å². The van der Waals surface area contributed by atoms with E-state index in [1.807, 2.05) is 13.0 Å². The van der Waals surface area contributed by atoms with Crippen molar-refractivity contribution in [2.45, 2.75) is 20.0 Å². The van der Waals surface area contributed by atoms with Gasteiger partial charge in [-0.1, -0.05) is 0 Å². The summed E-state index contributed by atoms with van der Waals surface area (Å²) in [5.74, 6) is 0.207. The number of hydrogen-bond donors (Lipinski definition) is 2. The van der Waals surface area contributed by atoms with Gasteiger partial charge in [-0.3, -0.25) is 4.79 Å². The van der Waals surface area contributed by atoms with Crippen LogP contribution in [0.25, 0.3) is 0 Å². The van der Waals surface area contributed by atoms with Crippen molar-refractivity contribution in [3.05, 3.63) is 23.8 Å². The predicted molar refractivity (Wildman–Crippen MR) is 64.3 cm³/mol. The Kier molecular flexibility index (Phi) is 4.35. The van der Waals surface area contributed by atoms with Crippen LogP contribution < -0.4 is 15.8 Å². The quantitative estimate of drug-likeness (QED) is 0.760. The van der Waals surface area contributed by atoms with Gasteiger partial charge in [0.2, 0.25) is 0 Å². The first-order chi connectivity index (χ1) is 8.08. The number of likely N-dealkylation sites (N-methyl/N-ethyl adjacent to an activating group) is 1. The van der Waals surface area contributed by atoms with Gasteiger partial charge in [0.1, 0.15) is 5.75 Å². The molecule has 1 unspecified atom stereocenters. The third-order valence-electron chi connectivity index (χ3n) is 2.16. The highest BCUT2D eigenvalue weighted by molar-refractivity contribution is 5.80. The van der Waals surface area contributed by atoms with Crippen molar-refractivity contribution in [2.75, 3.05) is 12.3 Å². The van der Waals surface area contributed by atoms with E-state index in [-0.39, 0.29) is 5.91 Å².